The smallest absolute Gasteiger partial charge is 0.164 e. The third kappa shape index (κ3) is 5.27. The summed E-state index contributed by atoms with van der Waals surface area (Å²) in [7, 11) is 0. The normalized spacial score (nSPS) is 12.1. The molecule has 8 aromatic carbocycles. The van der Waals surface area contributed by atoms with E-state index < -0.39 is 0 Å². The third-order valence-electron chi connectivity index (χ3n) is 10.4. The molecule has 0 aliphatic heterocycles. The fourth-order valence-corrected chi connectivity index (χ4v) is 7.76. The van der Waals surface area contributed by atoms with Gasteiger partial charge in [0.05, 0.1) is 0 Å². The lowest BCUT2D eigenvalue weighted by Gasteiger charge is -2.14. The average Bonchev–Trinajstić information content (AvgIpc) is 3.60. The fraction of sp³-hybridized carbons (Fsp3) is 0.0408. The van der Waals surface area contributed by atoms with E-state index >= 15 is 0 Å². The molecule has 0 fully saturated rings. The predicted molar refractivity (Wildman–Crippen MR) is 221 cm³/mol. The van der Waals surface area contributed by atoms with E-state index in [1.54, 1.807) is 0 Å². The third-order valence-corrected chi connectivity index (χ3v) is 10.4. The van der Waals surface area contributed by atoms with Crippen molar-refractivity contribution in [2.24, 2.45) is 0 Å². The Morgan fingerprint density at radius 3 is 2.00 bits per heavy atom. The number of aromatic nitrogens is 3. The Hall–Kier alpha value is -6.91. The van der Waals surface area contributed by atoms with Gasteiger partial charge in [-0.2, -0.15) is 0 Å². The van der Waals surface area contributed by atoms with Crippen LogP contribution in [0.4, 0.5) is 0 Å². The number of furan rings is 1. The van der Waals surface area contributed by atoms with E-state index in [2.05, 4.69) is 141 Å². The zero-order valence-corrected chi connectivity index (χ0v) is 29.3. The summed E-state index contributed by atoms with van der Waals surface area (Å²) in [4.78, 5) is 15.5. The zero-order valence-electron chi connectivity index (χ0n) is 29.3. The van der Waals surface area contributed by atoms with Crippen LogP contribution in [0, 0.1) is 6.92 Å². The van der Waals surface area contributed by atoms with Crippen LogP contribution in [-0.4, -0.2) is 15.0 Å². The summed E-state index contributed by atoms with van der Waals surface area (Å²) < 4.78 is 6.32. The molecule has 0 bridgehead atoms. The van der Waals surface area contributed by atoms with Gasteiger partial charge in [0.1, 0.15) is 11.2 Å². The van der Waals surface area contributed by atoms with Gasteiger partial charge in [-0.1, -0.05) is 133 Å². The van der Waals surface area contributed by atoms with Crippen LogP contribution in [0.5, 0.6) is 0 Å². The monoisotopic (exact) mass is 679 g/mol. The van der Waals surface area contributed by atoms with Gasteiger partial charge in [0, 0.05) is 21.9 Å². The van der Waals surface area contributed by atoms with Gasteiger partial charge in [-0.15, -0.1) is 0 Å². The second kappa shape index (κ2) is 12.4. The number of fused-ring (bicyclic) bond motifs is 7. The topological polar surface area (TPSA) is 51.8 Å². The SMILES string of the molecule is C/C(=C\c1c(C)ccc2ccc3ccccc3c12)c1nc(-c2ccccc2)nc(-c2cc(-c3cccc4oc5ccccc5c34)c3ccccc3c2)n1. The first-order valence-electron chi connectivity index (χ1n) is 17.9. The van der Waals surface area contributed by atoms with Crippen molar-refractivity contribution in [2.45, 2.75) is 13.8 Å². The van der Waals surface area contributed by atoms with Crippen LogP contribution in [0.25, 0.3) is 99.8 Å². The van der Waals surface area contributed by atoms with Crippen LogP contribution in [-0.2, 0) is 0 Å². The van der Waals surface area contributed by atoms with Crippen molar-refractivity contribution in [1.29, 1.82) is 0 Å². The summed E-state index contributed by atoms with van der Waals surface area (Å²) in [5.41, 5.74) is 9.15. The minimum Gasteiger partial charge on any atom is -0.456 e. The lowest BCUT2D eigenvalue weighted by molar-refractivity contribution is 0.669. The van der Waals surface area contributed by atoms with Crippen molar-refractivity contribution in [3.05, 3.63) is 175 Å². The van der Waals surface area contributed by atoms with Crippen molar-refractivity contribution in [3.8, 4) is 33.9 Å². The lowest BCUT2D eigenvalue weighted by atomic mass is 9.92. The van der Waals surface area contributed by atoms with Crippen molar-refractivity contribution in [3.63, 3.8) is 0 Å². The largest absolute Gasteiger partial charge is 0.456 e. The lowest BCUT2D eigenvalue weighted by Crippen LogP contribution is -2.02. The quantitative estimate of drug-likeness (QED) is 0.170. The number of hydrogen-bond donors (Lipinski definition) is 0. The number of nitrogens with zero attached hydrogens (tertiary/aromatic N) is 3. The van der Waals surface area contributed by atoms with E-state index in [0.29, 0.717) is 17.5 Å². The maximum absolute atomic E-state index is 6.32. The molecule has 0 atom stereocenters. The number of rotatable bonds is 5. The molecule has 2 heterocycles. The standard InChI is InChI=1S/C49H33N3O/c1-30-23-24-33-26-25-32-13-6-9-18-38(32)45(33)41(30)27-31(2)47-50-48(34-14-4-3-5-15-34)52-49(51-47)36-28-35-16-7-8-17-37(35)42(29-36)39-20-12-22-44-46(39)40-19-10-11-21-43(40)53-44/h3-29H,1-2H3/b31-27+. The number of para-hydroxylation sites is 1. The Balaban J connectivity index is 1.21. The molecule has 4 nitrogen and oxygen atoms in total. The number of aryl methyl sites for hydroxylation is 1. The predicted octanol–water partition coefficient (Wildman–Crippen LogP) is 13.1. The van der Waals surface area contributed by atoms with Crippen molar-refractivity contribution in [2.75, 3.05) is 0 Å². The number of benzene rings is 8. The maximum atomic E-state index is 6.32. The zero-order chi connectivity index (χ0) is 35.5. The van der Waals surface area contributed by atoms with Gasteiger partial charge in [0.25, 0.3) is 0 Å². The van der Waals surface area contributed by atoms with Crippen LogP contribution < -0.4 is 0 Å². The van der Waals surface area contributed by atoms with E-state index in [1.807, 2.05) is 36.4 Å². The highest BCUT2D eigenvalue weighted by Gasteiger charge is 2.18. The van der Waals surface area contributed by atoms with Crippen LogP contribution in [0.1, 0.15) is 23.9 Å². The average molecular weight is 680 g/mol. The van der Waals surface area contributed by atoms with Crippen molar-refractivity contribution >= 4 is 65.9 Å². The van der Waals surface area contributed by atoms with Crippen molar-refractivity contribution in [1.82, 2.24) is 15.0 Å². The van der Waals surface area contributed by atoms with Gasteiger partial charge >= 0.3 is 0 Å². The molecule has 10 rings (SSSR count). The molecule has 250 valence electrons. The summed E-state index contributed by atoms with van der Waals surface area (Å²) in [6.45, 7) is 4.28. The highest BCUT2D eigenvalue weighted by Crippen LogP contribution is 2.41. The first kappa shape index (κ1) is 30.9. The second-order valence-corrected chi connectivity index (χ2v) is 13.7. The Morgan fingerprint density at radius 1 is 0.491 bits per heavy atom. The molecule has 0 N–H and O–H groups in total. The van der Waals surface area contributed by atoms with Gasteiger partial charge in [-0.05, 0) is 104 Å². The van der Waals surface area contributed by atoms with E-state index in [-0.39, 0.29) is 0 Å². The molecule has 0 spiro atoms. The van der Waals surface area contributed by atoms with Gasteiger partial charge < -0.3 is 4.42 Å². The maximum Gasteiger partial charge on any atom is 0.164 e. The fourth-order valence-electron chi connectivity index (χ4n) is 7.76. The first-order chi connectivity index (χ1) is 26.1. The van der Waals surface area contributed by atoms with E-state index in [0.717, 1.165) is 60.5 Å². The van der Waals surface area contributed by atoms with Crippen LogP contribution in [0.15, 0.2) is 162 Å². The molecule has 0 radical (unpaired) electrons. The molecule has 53 heavy (non-hydrogen) atoms. The van der Waals surface area contributed by atoms with Crippen LogP contribution in [0.3, 0.4) is 0 Å². The highest BCUT2D eigenvalue weighted by atomic mass is 16.3. The first-order valence-corrected chi connectivity index (χ1v) is 17.9. The molecular formula is C49H33N3O. The molecule has 4 heteroatoms. The van der Waals surface area contributed by atoms with Gasteiger partial charge in [0.15, 0.2) is 17.5 Å². The summed E-state index contributed by atoms with van der Waals surface area (Å²) in [5.74, 6) is 1.90. The number of hydrogen-bond acceptors (Lipinski definition) is 4. The molecule has 0 aliphatic carbocycles. The van der Waals surface area contributed by atoms with Crippen LogP contribution >= 0.6 is 0 Å². The highest BCUT2D eigenvalue weighted by molar-refractivity contribution is 6.16. The Kier molecular flexibility index (Phi) is 7.22. The summed E-state index contributed by atoms with van der Waals surface area (Å²) in [5, 5.41) is 9.36. The van der Waals surface area contributed by atoms with Crippen molar-refractivity contribution < 1.29 is 4.42 Å². The minimum absolute atomic E-state index is 0.623. The van der Waals surface area contributed by atoms with E-state index in [1.165, 1.54) is 32.7 Å². The molecule has 10 aromatic rings. The van der Waals surface area contributed by atoms with Gasteiger partial charge in [-0.3, -0.25) is 0 Å². The molecule has 0 saturated heterocycles. The van der Waals surface area contributed by atoms with E-state index in [9.17, 15) is 0 Å². The number of allylic oxidation sites excluding steroid dienone is 1. The molecule has 0 unspecified atom stereocenters. The van der Waals surface area contributed by atoms with Gasteiger partial charge in [0.2, 0.25) is 0 Å². The van der Waals surface area contributed by atoms with Gasteiger partial charge in [-0.25, -0.2) is 15.0 Å². The Labute approximate surface area is 306 Å². The van der Waals surface area contributed by atoms with E-state index in [4.69, 9.17) is 19.4 Å². The second-order valence-electron chi connectivity index (χ2n) is 13.7. The summed E-state index contributed by atoms with van der Waals surface area (Å²) in [6, 6.07) is 55.1. The molecular weight excluding hydrogens is 647 g/mol. The molecule has 2 aromatic heterocycles. The molecule has 0 aliphatic rings. The molecule has 0 saturated carbocycles. The summed E-state index contributed by atoms with van der Waals surface area (Å²) in [6.07, 6.45) is 2.24. The summed E-state index contributed by atoms with van der Waals surface area (Å²) >= 11 is 0. The molecule has 0 amide bonds. The Bertz CT molecular complexity index is 3080. The van der Waals surface area contributed by atoms with Crippen LogP contribution in [0.2, 0.25) is 0 Å². The Morgan fingerprint density at radius 2 is 1.15 bits per heavy atom. The minimum atomic E-state index is 0.623.